The SMILES string of the molecule is CCC1CCCCN1S(=O)(=O)c1ccc2c(c1)CCO2. The fourth-order valence-corrected chi connectivity index (χ4v) is 4.98. The Kier molecular flexibility index (Phi) is 3.73. The van der Waals surface area contributed by atoms with Crippen molar-refractivity contribution in [3.05, 3.63) is 23.8 Å². The third-order valence-electron chi connectivity index (χ3n) is 4.31. The third-order valence-corrected chi connectivity index (χ3v) is 6.26. The van der Waals surface area contributed by atoms with E-state index in [1.165, 1.54) is 0 Å². The van der Waals surface area contributed by atoms with Gasteiger partial charge in [0.1, 0.15) is 5.75 Å². The van der Waals surface area contributed by atoms with Crippen molar-refractivity contribution >= 4 is 10.0 Å². The lowest BCUT2D eigenvalue weighted by Gasteiger charge is -2.34. The van der Waals surface area contributed by atoms with Gasteiger partial charge in [0.15, 0.2) is 0 Å². The highest BCUT2D eigenvalue weighted by Crippen LogP contribution is 2.31. The van der Waals surface area contributed by atoms with Crippen LogP contribution in [0.2, 0.25) is 0 Å². The molecule has 0 spiro atoms. The molecular weight excluding hydrogens is 274 g/mol. The van der Waals surface area contributed by atoms with Gasteiger partial charge < -0.3 is 4.74 Å². The number of benzene rings is 1. The molecule has 4 nitrogen and oxygen atoms in total. The van der Waals surface area contributed by atoms with E-state index in [1.807, 2.05) is 0 Å². The quantitative estimate of drug-likeness (QED) is 0.861. The summed E-state index contributed by atoms with van der Waals surface area (Å²) in [4.78, 5) is 0.419. The van der Waals surface area contributed by atoms with E-state index in [-0.39, 0.29) is 6.04 Å². The van der Waals surface area contributed by atoms with E-state index < -0.39 is 10.0 Å². The average molecular weight is 295 g/mol. The van der Waals surface area contributed by atoms with Gasteiger partial charge in [0, 0.05) is 19.0 Å². The largest absolute Gasteiger partial charge is 0.493 e. The van der Waals surface area contributed by atoms with Gasteiger partial charge in [-0.1, -0.05) is 13.3 Å². The lowest BCUT2D eigenvalue weighted by atomic mass is 10.0. The van der Waals surface area contributed by atoms with Crippen molar-refractivity contribution in [3.63, 3.8) is 0 Å². The number of hydrogen-bond acceptors (Lipinski definition) is 3. The van der Waals surface area contributed by atoms with Gasteiger partial charge in [-0.3, -0.25) is 0 Å². The maximum absolute atomic E-state index is 12.8. The Hall–Kier alpha value is -1.07. The molecule has 110 valence electrons. The molecule has 0 radical (unpaired) electrons. The van der Waals surface area contributed by atoms with Crippen LogP contribution in [-0.2, 0) is 16.4 Å². The van der Waals surface area contributed by atoms with E-state index in [1.54, 1.807) is 22.5 Å². The molecule has 0 saturated carbocycles. The van der Waals surface area contributed by atoms with E-state index in [4.69, 9.17) is 4.74 Å². The molecule has 5 heteroatoms. The van der Waals surface area contributed by atoms with Crippen LogP contribution in [0.4, 0.5) is 0 Å². The number of nitrogens with zero attached hydrogens (tertiary/aromatic N) is 1. The van der Waals surface area contributed by atoms with E-state index in [9.17, 15) is 8.42 Å². The molecule has 2 aliphatic rings. The highest BCUT2D eigenvalue weighted by atomic mass is 32.2. The van der Waals surface area contributed by atoms with Crippen molar-refractivity contribution in [2.75, 3.05) is 13.2 Å². The van der Waals surface area contributed by atoms with Crippen molar-refractivity contribution in [1.29, 1.82) is 0 Å². The second kappa shape index (κ2) is 5.37. The Morgan fingerprint density at radius 2 is 2.20 bits per heavy atom. The first kappa shape index (κ1) is 13.9. The normalized spacial score (nSPS) is 23.4. The molecule has 0 aliphatic carbocycles. The Balaban J connectivity index is 1.94. The molecule has 0 aromatic heterocycles. The zero-order valence-electron chi connectivity index (χ0n) is 11.8. The van der Waals surface area contributed by atoms with Crippen molar-refractivity contribution in [3.8, 4) is 5.75 Å². The molecule has 1 saturated heterocycles. The van der Waals surface area contributed by atoms with Gasteiger partial charge in [-0.2, -0.15) is 4.31 Å². The first-order chi connectivity index (χ1) is 9.63. The average Bonchev–Trinajstić information content (AvgIpc) is 2.94. The van der Waals surface area contributed by atoms with Crippen molar-refractivity contribution < 1.29 is 13.2 Å². The maximum Gasteiger partial charge on any atom is 0.243 e. The van der Waals surface area contributed by atoms with Crippen LogP contribution in [0.1, 0.15) is 38.2 Å². The molecular formula is C15H21NO3S. The van der Waals surface area contributed by atoms with Gasteiger partial charge in [0.25, 0.3) is 0 Å². The molecule has 20 heavy (non-hydrogen) atoms. The zero-order chi connectivity index (χ0) is 14.2. The van der Waals surface area contributed by atoms with Crippen molar-refractivity contribution in [2.45, 2.75) is 50.0 Å². The minimum Gasteiger partial charge on any atom is -0.493 e. The number of sulfonamides is 1. The fraction of sp³-hybridized carbons (Fsp3) is 0.600. The number of ether oxygens (including phenoxy) is 1. The summed E-state index contributed by atoms with van der Waals surface area (Å²) in [5.41, 5.74) is 1.01. The minimum atomic E-state index is -3.37. The summed E-state index contributed by atoms with van der Waals surface area (Å²) < 4.78 is 32.8. The predicted molar refractivity (Wildman–Crippen MR) is 77.5 cm³/mol. The Bertz CT molecular complexity index is 597. The first-order valence-corrected chi connectivity index (χ1v) is 8.84. The molecule has 1 aromatic rings. The van der Waals surface area contributed by atoms with Crippen molar-refractivity contribution in [2.24, 2.45) is 0 Å². The van der Waals surface area contributed by atoms with E-state index >= 15 is 0 Å². The van der Waals surface area contributed by atoms with Crippen LogP contribution in [0.15, 0.2) is 23.1 Å². The van der Waals surface area contributed by atoms with Crippen LogP contribution in [0.5, 0.6) is 5.75 Å². The van der Waals surface area contributed by atoms with E-state index in [0.717, 1.165) is 43.4 Å². The van der Waals surface area contributed by atoms with Crippen LogP contribution in [0.3, 0.4) is 0 Å². The number of piperidine rings is 1. The standard InChI is InChI=1S/C15H21NO3S/c1-2-13-5-3-4-9-16(13)20(17,18)14-6-7-15-12(11-14)8-10-19-15/h6-7,11,13H,2-5,8-10H2,1H3. The summed E-state index contributed by atoms with van der Waals surface area (Å²) in [6.07, 6.45) is 4.75. The van der Waals surface area contributed by atoms with Crippen LogP contribution in [0.25, 0.3) is 0 Å². The fourth-order valence-electron chi connectivity index (χ4n) is 3.16. The molecule has 2 aliphatic heterocycles. The Morgan fingerprint density at radius 3 is 3.00 bits per heavy atom. The first-order valence-electron chi connectivity index (χ1n) is 7.40. The molecule has 0 bridgehead atoms. The third kappa shape index (κ3) is 2.33. The van der Waals surface area contributed by atoms with Gasteiger partial charge in [0.2, 0.25) is 10.0 Å². The molecule has 3 rings (SSSR count). The molecule has 1 aromatic carbocycles. The van der Waals surface area contributed by atoms with E-state index in [0.29, 0.717) is 18.0 Å². The van der Waals surface area contributed by atoms with Crippen LogP contribution < -0.4 is 4.74 Å². The number of rotatable bonds is 3. The smallest absolute Gasteiger partial charge is 0.243 e. The highest BCUT2D eigenvalue weighted by Gasteiger charge is 2.33. The zero-order valence-corrected chi connectivity index (χ0v) is 12.7. The van der Waals surface area contributed by atoms with Gasteiger partial charge in [-0.05, 0) is 43.0 Å². The molecule has 1 atom stereocenters. The number of fused-ring (bicyclic) bond motifs is 1. The molecule has 0 N–H and O–H groups in total. The van der Waals surface area contributed by atoms with Gasteiger partial charge in [-0.25, -0.2) is 8.42 Å². The molecule has 1 fully saturated rings. The predicted octanol–water partition coefficient (Wildman–Crippen LogP) is 2.57. The molecule has 0 amide bonds. The van der Waals surface area contributed by atoms with Gasteiger partial charge in [-0.15, -0.1) is 0 Å². The number of hydrogen-bond donors (Lipinski definition) is 0. The van der Waals surface area contributed by atoms with Gasteiger partial charge in [0.05, 0.1) is 11.5 Å². The maximum atomic E-state index is 12.8. The summed E-state index contributed by atoms with van der Waals surface area (Å²) in [6, 6.07) is 5.41. The summed E-state index contributed by atoms with van der Waals surface area (Å²) in [5.74, 6) is 0.828. The summed E-state index contributed by atoms with van der Waals surface area (Å²) in [7, 11) is -3.37. The van der Waals surface area contributed by atoms with Crippen LogP contribution in [-0.4, -0.2) is 31.9 Å². The molecule has 2 heterocycles. The van der Waals surface area contributed by atoms with Crippen molar-refractivity contribution in [1.82, 2.24) is 4.31 Å². The summed E-state index contributed by atoms with van der Waals surface area (Å²) >= 11 is 0. The minimum absolute atomic E-state index is 0.151. The lowest BCUT2D eigenvalue weighted by molar-refractivity contribution is 0.246. The molecule has 1 unspecified atom stereocenters. The summed E-state index contributed by atoms with van der Waals surface area (Å²) in [5, 5.41) is 0. The van der Waals surface area contributed by atoms with Gasteiger partial charge >= 0.3 is 0 Å². The van der Waals surface area contributed by atoms with Crippen LogP contribution in [0, 0.1) is 0 Å². The second-order valence-electron chi connectivity index (χ2n) is 5.54. The Morgan fingerprint density at radius 1 is 1.35 bits per heavy atom. The Labute approximate surface area is 120 Å². The monoisotopic (exact) mass is 295 g/mol. The second-order valence-corrected chi connectivity index (χ2v) is 7.43. The van der Waals surface area contributed by atoms with Crippen LogP contribution >= 0.6 is 0 Å². The van der Waals surface area contributed by atoms with E-state index in [2.05, 4.69) is 6.92 Å². The summed E-state index contributed by atoms with van der Waals surface area (Å²) in [6.45, 7) is 3.36. The highest BCUT2D eigenvalue weighted by molar-refractivity contribution is 7.89. The lowest BCUT2D eigenvalue weighted by Crippen LogP contribution is -2.43. The topological polar surface area (TPSA) is 46.6 Å².